The van der Waals surface area contributed by atoms with Crippen LogP contribution in [0.1, 0.15) is 6.42 Å². The summed E-state index contributed by atoms with van der Waals surface area (Å²) in [7, 11) is 0. The number of halogens is 1. The Balaban J connectivity index is 2.23. The van der Waals surface area contributed by atoms with Gasteiger partial charge in [-0.25, -0.2) is 4.52 Å². The lowest BCUT2D eigenvalue weighted by atomic mass is 10.4. The maximum atomic E-state index is 11.3. The van der Waals surface area contributed by atoms with Crippen molar-refractivity contribution in [1.82, 2.24) is 9.61 Å². The zero-order chi connectivity index (χ0) is 11.5. The maximum Gasteiger partial charge on any atom is 0.226 e. The molecule has 1 N–H and O–H groups in total. The number of hydrogen-bond donors (Lipinski definition) is 2. The second-order valence-corrected chi connectivity index (χ2v) is 4.63. The molecule has 0 fully saturated rings. The molecule has 4 nitrogen and oxygen atoms in total. The maximum absolute atomic E-state index is 11.3. The van der Waals surface area contributed by atoms with Gasteiger partial charge in [0.15, 0.2) is 5.82 Å². The normalized spacial score (nSPS) is 10.6. The first kappa shape index (κ1) is 11.5. The molecule has 2 aromatic heterocycles. The summed E-state index contributed by atoms with van der Waals surface area (Å²) in [5.41, 5.74) is 0.935. The highest BCUT2D eigenvalue weighted by Gasteiger charge is 2.05. The molecule has 2 rings (SSSR count). The zero-order valence-electron chi connectivity index (χ0n) is 8.35. The number of amides is 1. The summed E-state index contributed by atoms with van der Waals surface area (Å²) in [6, 6.07) is 5.67. The average Bonchev–Trinajstić information content (AvgIpc) is 2.59. The molecule has 2 aromatic rings. The molecule has 16 heavy (non-hydrogen) atoms. The minimum atomic E-state index is -0.0718. The van der Waals surface area contributed by atoms with Gasteiger partial charge in [0.25, 0.3) is 0 Å². The first-order valence-electron chi connectivity index (χ1n) is 4.75. The van der Waals surface area contributed by atoms with Crippen LogP contribution in [0.3, 0.4) is 0 Å². The molecule has 0 aliphatic carbocycles. The number of fused-ring (bicyclic) bond motifs is 1. The van der Waals surface area contributed by atoms with Crippen molar-refractivity contribution in [2.24, 2.45) is 0 Å². The van der Waals surface area contributed by atoms with E-state index in [4.69, 9.17) is 0 Å². The van der Waals surface area contributed by atoms with Gasteiger partial charge in [-0.2, -0.15) is 12.6 Å². The number of anilines is 1. The number of nitrogens with zero attached hydrogens (tertiary/aromatic N) is 2. The molecular formula is C10H10BrN3OS. The highest BCUT2D eigenvalue weighted by molar-refractivity contribution is 9.10. The Morgan fingerprint density at radius 1 is 1.56 bits per heavy atom. The van der Waals surface area contributed by atoms with E-state index in [1.165, 1.54) is 0 Å². The molecule has 2 heterocycles. The van der Waals surface area contributed by atoms with Gasteiger partial charge in [-0.1, -0.05) is 0 Å². The third-order valence-electron chi connectivity index (χ3n) is 2.03. The largest absolute Gasteiger partial charge is 0.309 e. The summed E-state index contributed by atoms with van der Waals surface area (Å²) in [6.45, 7) is 0. The van der Waals surface area contributed by atoms with E-state index in [0.29, 0.717) is 18.0 Å². The van der Waals surface area contributed by atoms with Crippen LogP contribution in [0, 0.1) is 0 Å². The van der Waals surface area contributed by atoms with Crippen molar-refractivity contribution in [3.05, 3.63) is 28.9 Å². The average molecular weight is 300 g/mol. The quantitative estimate of drug-likeness (QED) is 0.855. The van der Waals surface area contributed by atoms with Crippen molar-refractivity contribution in [1.29, 1.82) is 0 Å². The first-order chi connectivity index (χ1) is 7.69. The number of nitrogens with one attached hydrogen (secondary N) is 1. The Bertz CT molecular complexity index is 526. The Kier molecular flexibility index (Phi) is 3.50. The molecule has 0 spiro atoms. The van der Waals surface area contributed by atoms with Crippen molar-refractivity contribution in [3.63, 3.8) is 0 Å². The first-order valence-corrected chi connectivity index (χ1v) is 6.17. The van der Waals surface area contributed by atoms with Gasteiger partial charge >= 0.3 is 0 Å². The number of carbonyl (C=O) groups is 1. The number of carbonyl (C=O) groups excluding carboxylic acids is 1. The Morgan fingerprint density at radius 3 is 3.12 bits per heavy atom. The second-order valence-electron chi connectivity index (χ2n) is 3.27. The van der Waals surface area contributed by atoms with Crippen molar-refractivity contribution in [2.45, 2.75) is 6.42 Å². The Labute approximate surface area is 107 Å². The van der Waals surface area contributed by atoms with Crippen LogP contribution in [0.15, 0.2) is 28.9 Å². The summed E-state index contributed by atoms with van der Waals surface area (Å²) < 4.78 is 2.65. The molecule has 0 unspecified atom stereocenters. The highest BCUT2D eigenvalue weighted by Crippen LogP contribution is 2.15. The van der Waals surface area contributed by atoms with Crippen molar-refractivity contribution < 1.29 is 4.79 Å². The molecule has 0 radical (unpaired) electrons. The molecule has 84 valence electrons. The van der Waals surface area contributed by atoms with Crippen LogP contribution in [0.4, 0.5) is 5.82 Å². The molecule has 6 heteroatoms. The monoisotopic (exact) mass is 299 g/mol. The standard InChI is InChI=1S/C10H10BrN3OS/c11-7-1-2-8-5-9(13-14(8)6-7)12-10(15)3-4-16/h1-2,5-6,16H,3-4H2,(H,12,13,15). The van der Waals surface area contributed by atoms with Crippen LogP contribution in [-0.2, 0) is 4.79 Å². The van der Waals surface area contributed by atoms with E-state index in [2.05, 4.69) is 39.0 Å². The van der Waals surface area contributed by atoms with Crippen LogP contribution >= 0.6 is 28.6 Å². The minimum absolute atomic E-state index is 0.0718. The summed E-state index contributed by atoms with van der Waals surface area (Å²) in [5, 5.41) is 6.94. The zero-order valence-corrected chi connectivity index (χ0v) is 10.8. The smallest absolute Gasteiger partial charge is 0.226 e. The van der Waals surface area contributed by atoms with Crippen molar-refractivity contribution in [3.8, 4) is 0 Å². The van der Waals surface area contributed by atoms with Gasteiger partial charge in [-0.15, -0.1) is 5.10 Å². The topological polar surface area (TPSA) is 46.4 Å². The lowest BCUT2D eigenvalue weighted by Crippen LogP contribution is -2.12. The van der Waals surface area contributed by atoms with Crippen LogP contribution in [0.5, 0.6) is 0 Å². The second kappa shape index (κ2) is 4.88. The number of hydrogen-bond acceptors (Lipinski definition) is 3. The van der Waals surface area contributed by atoms with Gasteiger partial charge in [-0.05, 0) is 33.8 Å². The van der Waals surface area contributed by atoms with E-state index >= 15 is 0 Å². The van der Waals surface area contributed by atoms with E-state index in [0.717, 1.165) is 9.99 Å². The molecular weight excluding hydrogens is 290 g/mol. The van der Waals surface area contributed by atoms with Crippen LogP contribution in [0.2, 0.25) is 0 Å². The minimum Gasteiger partial charge on any atom is -0.309 e. The molecule has 0 aliphatic heterocycles. The summed E-state index contributed by atoms with van der Waals surface area (Å²) in [6.07, 6.45) is 2.23. The summed E-state index contributed by atoms with van der Waals surface area (Å²) in [4.78, 5) is 11.3. The number of pyridine rings is 1. The van der Waals surface area contributed by atoms with E-state index in [1.807, 2.05) is 24.4 Å². The molecule has 1 amide bonds. The van der Waals surface area contributed by atoms with Gasteiger partial charge in [0.1, 0.15) is 0 Å². The van der Waals surface area contributed by atoms with Gasteiger partial charge in [0.2, 0.25) is 5.91 Å². The predicted octanol–water partition coefficient (Wildman–Crippen LogP) is 2.36. The molecule has 0 saturated heterocycles. The molecule has 0 saturated carbocycles. The third kappa shape index (κ3) is 2.56. The summed E-state index contributed by atoms with van der Waals surface area (Å²) >= 11 is 7.36. The predicted molar refractivity (Wildman–Crippen MR) is 70.0 cm³/mol. The lowest BCUT2D eigenvalue weighted by molar-refractivity contribution is -0.115. The van der Waals surface area contributed by atoms with Crippen molar-refractivity contribution in [2.75, 3.05) is 11.1 Å². The molecule has 0 aromatic carbocycles. The molecule has 0 bridgehead atoms. The summed E-state index contributed by atoms with van der Waals surface area (Å²) in [5.74, 6) is 1.02. The van der Waals surface area contributed by atoms with Gasteiger partial charge in [0.05, 0.1) is 5.52 Å². The Morgan fingerprint density at radius 2 is 2.38 bits per heavy atom. The fourth-order valence-corrected chi connectivity index (χ4v) is 1.86. The number of rotatable bonds is 3. The van der Waals surface area contributed by atoms with Crippen LogP contribution < -0.4 is 5.32 Å². The van der Waals surface area contributed by atoms with Gasteiger partial charge < -0.3 is 5.32 Å². The van der Waals surface area contributed by atoms with Crippen molar-refractivity contribution >= 4 is 45.8 Å². The van der Waals surface area contributed by atoms with Crippen LogP contribution in [0.25, 0.3) is 5.52 Å². The highest BCUT2D eigenvalue weighted by atomic mass is 79.9. The number of aromatic nitrogens is 2. The SMILES string of the molecule is O=C(CCS)Nc1cc2ccc(Br)cn2n1. The molecule has 0 aliphatic rings. The Hall–Kier alpha value is -1.01. The number of thiol groups is 1. The molecule has 0 atom stereocenters. The van der Waals surface area contributed by atoms with E-state index in [9.17, 15) is 4.79 Å². The van der Waals surface area contributed by atoms with Gasteiger partial charge in [-0.3, -0.25) is 4.79 Å². The fraction of sp³-hybridized carbons (Fsp3) is 0.200. The third-order valence-corrected chi connectivity index (χ3v) is 2.72. The fourth-order valence-electron chi connectivity index (χ4n) is 1.33. The van der Waals surface area contributed by atoms with E-state index in [-0.39, 0.29) is 5.91 Å². The van der Waals surface area contributed by atoms with E-state index in [1.54, 1.807) is 4.52 Å². The lowest BCUT2D eigenvalue weighted by Gasteiger charge is -1.97. The van der Waals surface area contributed by atoms with Crippen LogP contribution in [-0.4, -0.2) is 21.3 Å². The van der Waals surface area contributed by atoms with E-state index < -0.39 is 0 Å². The van der Waals surface area contributed by atoms with Gasteiger partial charge in [0, 0.05) is 23.2 Å².